The van der Waals surface area contributed by atoms with E-state index in [1.807, 2.05) is 0 Å². The molecule has 3 nitrogen and oxygen atoms in total. The van der Waals surface area contributed by atoms with Crippen molar-refractivity contribution in [2.75, 3.05) is 39.8 Å². The predicted octanol–water partition coefficient (Wildman–Crippen LogP) is 3.72. The lowest BCUT2D eigenvalue weighted by molar-refractivity contribution is -0.0869. The van der Waals surface area contributed by atoms with Crippen LogP contribution in [0.5, 0.6) is 0 Å². The first-order chi connectivity index (χ1) is 11.0. The summed E-state index contributed by atoms with van der Waals surface area (Å²) in [7, 11) is 2.24. The normalized spacial score (nSPS) is 35.0. The molecule has 1 saturated carbocycles. The summed E-state index contributed by atoms with van der Waals surface area (Å²) in [6.07, 6.45) is 3.50. The first-order valence-corrected chi connectivity index (χ1v) is 10.1. The van der Waals surface area contributed by atoms with Gasteiger partial charge in [-0.1, -0.05) is 41.5 Å². The van der Waals surface area contributed by atoms with Crippen LogP contribution >= 0.6 is 0 Å². The van der Waals surface area contributed by atoms with Crippen molar-refractivity contribution in [1.82, 2.24) is 9.80 Å². The first-order valence-electron chi connectivity index (χ1n) is 10.1. The fourth-order valence-electron chi connectivity index (χ4n) is 4.90. The van der Waals surface area contributed by atoms with E-state index < -0.39 is 0 Å². The molecule has 0 radical (unpaired) electrons. The van der Waals surface area contributed by atoms with Crippen LogP contribution in [-0.2, 0) is 0 Å². The van der Waals surface area contributed by atoms with Gasteiger partial charge in [0.1, 0.15) is 0 Å². The van der Waals surface area contributed by atoms with Gasteiger partial charge in [0, 0.05) is 19.6 Å². The summed E-state index contributed by atoms with van der Waals surface area (Å²) in [5.74, 6) is 1.55. The third kappa shape index (κ3) is 5.19. The molecule has 142 valence electrons. The quantitative estimate of drug-likeness (QED) is 0.831. The van der Waals surface area contributed by atoms with Gasteiger partial charge in [0.25, 0.3) is 0 Å². The van der Waals surface area contributed by atoms with Gasteiger partial charge in [0.05, 0.1) is 6.10 Å². The van der Waals surface area contributed by atoms with Crippen molar-refractivity contribution in [2.24, 2.45) is 28.6 Å². The van der Waals surface area contributed by atoms with E-state index in [1.54, 1.807) is 0 Å². The van der Waals surface area contributed by atoms with Crippen molar-refractivity contribution in [1.29, 1.82) is 0 Å². The standard InChI is InChI=1S/C21H42N2O/c1-20(2,3)17-13-16(14-18(19(17)24)21(4,5)6)15-23-10-8-9-22(7)11-12-23/h16-19,24H,8-15H2,1-7H3. The van der Waals surface area contributed by atoms with E-state index in [4.69, 9.17) is 0 Å². The van der Waals surface area contributed by atoms with E-state index in [0.717, 1.165) is 5.92 Å². The van der Waals surface area contributed by atoms with E-state index in [-0.39, 0.29) is 16.9 Å². The van der Waals surface area contributed by atoms with Crippen molar-refractivity contribution in [2.45, 2.75) is 66.9 Å². The number of hydrogen-bond donors (Lipinski definition) is 1. The van der Waals surface area contributed by atoms with Crippen LogP contribution in [-0.4, -0.2) is 60.8 Å². The molecular formula is C21H42N2O. The molecule has 0 aromatic heterocycles. The number of nitrogens with zero attached hydrogens (tertiary/aromatic N) is 2. The van der Waals surface area contributed by atoms with E-state index >= 15 is 0 Å². The molecule has 1 aliphatic heterocycles. The summed E-state index contributed by atoms with van der Waals surface area (Å²) < 4.78 is 0. The smallest absolute Gasteiger partial charge is 0.0606 e. The number of aliphatic hydroxyl groups is 1. The molecule has 3 heteroatoms. The van der Waals surface area contributed by atoms with Crippen LogP contribution in [0.1, 0.15) is 60.8 Å². The lowest BCUT2D eigenvalue weighted by atomic mass is 9.58. The zero-order valence-corrected chi connectivity index (χ0v) is 17.3. The van der Waals surface area contributed by atoms with E-state index in [9.17, 15) is 5.11 Å². The molecule has 0 aromatic carbocycles. The highest BCUT2D eigenvalue weighted by Gasteiger charge is 2.46. The molecule has 24 heavy (non-hydrogen) atoms. The average molecular weight is 339 g/mol. The Morgan fingerprint density at radius 2 is 1.38 bits per heavy atom. The fraction of sp³-hybridized carbons (Fsp3) is 1.00. The lowest BCUT2D eigenvalue weighted by Crippen LogP contribution is -2.49. The van der Waals surface area contributed by atoms with E-state index in [1.165, 1.54) is 52.0 Å². The summed E-state index contributed by atoms with van der Waals surface area (Å²) in [5.41, 5.74) is 0.362. The van der Waals surface area contributed by atoms with Gasteiger partial charge in [-0.2, -0.15) is 0 Å². The highest BCUT2D eigenvalue weighted by atomic mass is 16.3. The average Bonchev–Trinajstić information content (AvgIpc) is 2.63. The highest BCUT2D eigenvalue weighted by molar-refractivity contribution is 4.96. The topological polar surface area (TPSA) is 26.7 Å². The summed E-state index contributed by atoms with van der Waals surface area (Å²) >= 11 is 0. The van der Waals surface area contributed by atoms with Crippen molar-refractivity contribution in [3.63, 3.8) is 0 Å². The maximum absolute atomic E-state index is 11.1. The lowest BCUT2D eigenvalue weighted by Gasteiger charge is -2.50. The van der Waals surface area contributed by atoms with Crippen molar-refractivity contribution < 1.29 is 5.11 Å². The molecule has 2 fully saturated rings. The second kappa shape index (κ2) is 7.63. The molecule has 0 spiro atoms. The molecule has 0 bridgehead atoms. The van der Waals surface area contributed by atoms with Crippen molar-refractivity contribution >= 4 is 0 Å². The minimum Gasteiger partial charge on any atom is -0.393 e. The van der Waals surface area contributed by atoms with Gasteiger partial charge >= 0.3 is 0 Å². The highest BCUT2D eigenvalue weighted by Crippen LogP contribution is 2.48. The Morgan fingerprint density at radius 1 is 0.833 bits per heavy atom. The van der Waals surface area contributed by atoms with Crippen LogP contribution in [0.2, 0.25) is 0 Å². The summed E-state index contributed by atoms with van der Waals surface area (Å²) in [4.78, 5) is 5.14. The molecule has 2 aliphatic rings. The Kier molecular flexibility index (Phi) is 6.42. The largest absolute Gasteiger partial charge is 0.393 e. The van der Waals surface area contributed by atoms with E-state index in [0.29, 0.717) is 11.8 Å². The number of rotatable bonds is 2. The Hall–Kier alpha value is -0.120. The molecular weight excluding hydrogens is 296 g/mol. The molecule has 1 aliphatic carbocycles. The molecule has 2 rings (SSSR count). The minimum absolute atomic E-state index is 0.156. The second-order valence-corrected chi connectivity index (χ2v) is 10.7. The SMILES string of the molecule is CN1CCCN(CC2CC(C(C)(C)C)C(O)C(C(C)(C)C)C2)CC1. The summed E-state index contributed by atoms with van der Waals surface area (Å²) in [6.45, 7) is 19.9. The van der Waals surface area contributed by atoms with Gasteiger partial charge in [0.15, 0.2) is 0 Å². The van der Waals surface area contributed by atoms with Gasteiger partial charge < -0.3 is 14.9 Å². The third-order valence-corrected chi connectivity index (χ3v) is 6.55. The molecule has 2 unspecified atom stereocenters. The van der Waals surface area contributed by atoms with Gasteiger partial charge in [-0.05, 0) is 68.0 Å². The maximum Gasteiger partial charge on any atom is 0.0606 e. The minimum atomic E-state index is -0.156. The Morgan fingerprint density at radius 3 is 1.88 bits per heavy atom. The second-order valence-electron chi connectivity index (χ2n) is 10.7. The monoisotopic (exact) mass is 338 g/mol. The molecule has 2 atom stereocenters. The zero-order chi connectivity index (χ0) is 18.1. The van der Waals surface area contributed by atoms with Crippen LogP contribution in [0.3, 0.4) is 0 Å². The molecule has 1 saturated heterocycles. The first kappa shape index (κ1) is 20.2. The fourth-order valence-corrected chi connectivity index (χ4v) is 4.90. The van der Waals surface area contributed by atoms with Gasteiger partial charge in [-0.3, -0.25) is 0 Å². The number of aliphatic hydroxyl groups excluding tert-OH is 1. The van der Waals surface area contributed by atoms with Crippen LogP contribution in [0.25, 0.3) is 0 Å². The van der Waals surface area contributed by atoms with Gasteiger partial charge in [-0.25, -0.2) is 0 Å². The molecule has 0 amide bonds. The van der Waals surface area contributed by atoms with Gasteiger partial charge in [-0.15, -0.1) is 0 Å². The zero-order valence-electron chi connectivity index (χ0n) is 17.3. The number of likely N-dealkylation sites (N-methyl/N-ethyl adjacent to an activating group) is 1. The molecule has 0 aromatic rings. The molecule has 1 N–H and O–H groups in total. The predicted molar refractivity (Wildman–Crippen MR) is 103 cm³/mol. The Labute approximate surface area is 150 Å². The van der Waals surface area contributed by atoms with Crippen molar-refractivity contribution in [3.05, 3.63) is 0 Å². The van der Waals surface area contributed by atoms with Crippen LogP contribution in [0, 0.1) is 28.6 Å². The Bertz CT molecular complexity index is 372. The van der Waals surface area contributed by atoms with Crippen LogP contribution in [0.4, 0.5) is 0 Å². The molecule has 1 heterocycles. The third-order valence-electron chi connectivity index (χ3n) is 6.55. The summed E-state index contributed by atoms with van der Waals surface area (Å²) in [5, 5.41) is 11.1. The van der Waals surface area contributed by atoms with Crippen LogP contribution in [0.15, 0.2) is 0 Å². The number of hydrogen-bond acceptors (Lipinski definition) is 3. The van der Waals surface area contributed by atoms with Crippen LogP contribution < -0.4 is 0 Å². The Balaban J connectivity index is 2.08. The maximum atomic E-state index is 11.1. The van der Waals surface area contributed by atoms with Gasteiger partial charge in [0.2, 0.25) is 0 Å². The summed E-state index contributed by atoms with van der Waals surface area (Å²) in [6, 6.07) is 0. The van der Waals surface area contributed by atoms with Crippen molar-refractivity contribution in [3.8, 4) is 0 Å². The van der Waals surface area contributed by atoms with E-state index in [2.05, 4.69) is 58.4 Å².